The lowest BCUT2D eigenvalue weighted by Crippen LogP contribution is -2.23. The number of benzene rings is 1. The van der Waals surface area contributed by atoms with Crippen LogP contribution in [0.2, 0.25) is 0 Å². The van der Waals surface area contributed by atoms with Crippen LogP contribution in [0.5, 0.6) is 17.4 Å². The van der Waals surface area contributed by atoms with Crippen molar-refractivity contribution in [2.24, 2.45) is 0 Å². The molecule has 21 heavy (non-hydrogen) atoms. The number of methoxy groups -OCH3 is 2. The number of phenols is 1. The lowest BCUT2D eigenvalue weighted by molar-refractivity contribution is 0.0948. The quantitative estimate of drug-likeness (QED) is 0.876. The number of aromatic hydroxyl groups is 1. The van der Waals surface area contributed by atoms with Crippen molar-refractivity contribution in [1.29, 1.82) is 0 Å². The molecule has 6 nitrogen and oxygen atoms in total. The highest BCUT2D eigenvalue weighted by atomic mass is 16.5. The third-order valence-electron chi connectivity index (χ3n) is 2.91. The van der Waals surface area contributed by atoms with E-state index in [0.717, 1.165) is 5.56 Å². The van der Waals surface area contributed by atoms with E-state index in [0.29, 0.717) is 18.2 Å². The number of nitrogens with one attached hydrogen (secondary N) is 1. The first kappa shape index (κ1) is 14.6. The average molecular weight is 288 g/mol. The zero-order valence-corrected chi connectivity index (χ0v) is 11.8. The Labute approximate surface area is 122 Å². The molecule has 0 bridgehead atoms. The Kier molecular flexibility index (Phi) is 4.61. The summed E-state index contributed by atoms with van der Waals surface area (Å²) >= 11 is 0. The molecule has 0 radical (unpaired) electrons. The van der Waals surface area contributed by atoms with Crippen molar-refractivity contribution in [2.75, 3.05) is 14.2 Å². The van der Waals surface area contributed by atoms with E-state index < -0.39 is 0 Å². The van der Waals surface area contributed by atoms with Gasteiger partial charge in [0.1, 0.15) is 11.5 Å². The van der Waals surface area contributed by atoms with Gasteiger partial charge in [0.05, 0.1) is 19.8 Å². The predicted octanol–water partition coefficient (Wildman–Crippen LogP) is 1.73. The van der Waals surface area contributed by atoms with Crippen molar-refractivity contribution >= 4 is 5.91 Å². The SMILES string of the molecule is COc1ccc(O)c(C(=O)NCc2ccc(OC)nc2)c1. The maximum absolute atomic E-state index is 12.1. The minimum Gasteiger partial charge on any atom is -0.507 e. The summed E-state index contributed by atoms with van der Waals surface area (Å²) in [5.41, 5.74) is 0.988. The highest BCUT2D eigenvalue weighted by molar-refractivity contribution is 5.97. The normalized spacial score (nSPS) is 10.0. The number of carbonyl (C=O) groups is 1. The van der Waals surface area contributed by atoms with Crippen molar-refractivity contribution in [3.8, 4) is 17.4 Å². The first-order valence-corrected chi connectivity index (χ1v) is 6.28. The van der Waals surface area contributed by atoms with Crippen LogP contribution in [-0.4, -0.2) is 30.2 Å². The van der Waals surface area contributed by atoms with Crippen LogP contribution in [0.15, 0.2) is 36.5 Å². The third kappa shape index (κ3) is 3.62. The van der Waals surface area contributed by atoms with Gasteiger partial charge in [-0.3, -0.25) is 4.79 Å². The van der Waals surface area contributed by atoms with Gasteiger partial charge in [-0.1, -0.05) is 6.07 Å². The minimum atomic E-state index is -0.387. The van der Waals surface area contributed by atoms with Crippen molar-refractivity contribution in [3.05, 3.63) is 47.7 Å². The van der Waals surface area contributed by atoms with Crippen molar-refractivity contribution in [3.63, 3.8) is 0 Å². The maximum atomic E-state index is 12.1. The molecule has 0 unspecified atom stereocenters. The summed E-state index contributed by atoms with van der Waals surface area (Å²) in [6.07, 6.45) is 1.62. The standard InChI is InChI=1S/C15H16N2O4/c1-20-11-4-5-13(18)12(7-11)15(19)17-9-10-3-6-14(21-2)16-8-10/h3-8,18H,9H2,1-2H3,(H,17,19). The van der Waals surface area contributed by atoms with Gasteiger partial charge < -0.3 is 19.9 Å². The van der Waals surface area contributed by atoms with Crippen LogP contribution in [0, 0.1) is 0 Å². The van der Waals surface area contributed by atoms with Crippen LogP contribution in [0.1, 0.15) is 15.9 Å². The molecule has 1 amide bonds. The van der Waals surface area contributed by atoms with Gasteiger partial charge in [-0.25, -0.2) is 4.98 Å². The van der Waals surface area contributed by atoms with Crippen molar-refractivity contribution in [2.45, 2.75) is 6.54 Å². The second-order valence-electron chi connectivity index (χ2n) is 4.27. The largest absolute Gasteiger partial charge is 0.507 e. The van der Waals surface area contributed by atoms with E-state index >= 15 is 0 Å². The highest BCUT2D eigenvalue weighted by Gasteiger charge is 2.12. The predicted molar refractivity (Wildman–Crippen MR) is 76.6 cm³/mol. The number of nitrogens with zero attached hydrogens (tertiary/aromatic N) is 1. The maximum Gasteiger partial charge on any atom is 0.255 e. The van der Waals surface area contributed by atoms with Crippen LogP contribution in [0.4, 0.5) is 0 Å². The summed E-state index contributed by atoms with van der Waals surface area (Å²) < 4.78 is 9.99. The molecule has 0 fully saturated rings. The molecular weight excluding hydrogens is 272 g/mol. The average Bonchev–Trinajstić information content (AvgIpc) is 2.53. The molecule has 0 aliphatic heterocycles. The monoisotopic (exact) mass is 288 g/mol. The van der Waals surface area contributed by atoms with Gasteiger partial charge in [0.25, 0.3) is 5.91 Å². The van der Waals surface area contributed by atoms with Gasteiger partial charge in [0.2, 0.25) is 5.88 Å². The zero-order valence-electron chi connectivity index (χ0n) is 11.8. The van der Waals surface area contributed by atoms with E-state index in [4.69, 9.17) is 9.47 Å². The molecular formula is C15H16N2O4. The number of pyridine rings is 1. The lowest BCUT2D eigenvalue weighted by Gasteiger charge is -2.08. The lowest BCUT2D eigenvalue weighted by atomic mass is 10.1. The van der Waals surface area contributed by atoms with Gasteiger partial charge in [-0.05, 0) is 23.8 Å². The van der Waals surface area contributed by atoms with Crippen LogP contribution >= 0.6 is 0 Å². The number of amides is 1. The van der Waals surface area contributed by atoms with E-state index in [2.05, 4.69) is 10.3 Å². The Bertz CT molecular complexity index is 626. The highest BCUT2D eigenvalue weighted by Crippen LogP contribution is 2.22. The van der Waals surface area contributed by atoms with Crippen LogP contribution in [-0.2, 0) is 6.54 Å². The molecule has 2 aromatic rings. The van der Waals surface area contributed by atoms with E-state index in [1.54, 1.807) is 24.4 Å². The Hall–Kier alpha value is -2.76. The minimum absolute atomic E-state index is 0.0962. The number of rotatable bonds is 5. The summed E-state index contributed by atoms with van der Waals surface area (Å²) in [6, 6.07) is 8.00. The molecule has 0 aliphatic rings. The van der Waals surface area contributed by atoms with Crippen LogP contribution in [0.25, 0.3) is 0 Å². The molecule has 2 rings (SSSR count). The number of aromatic nitrogens is 1. The van der Waals surface area contributed by atoms with Gasteiger partial charge in [0, 0.05) is 18.8 Å². The molecule has 0 saturated carbocycles. The fourth-order valence-corrected chi connectivity index (χ4v) is 1.74. The smallest absolute Gasteiger partial charge is 0.255 e. The molecule has 0 spiro atoms. The Balaban J connectivity index is 2.04. The van der Waals surface area contributed by atoms with Crippen LogP contribution in [0.3, 0.4) is 0 Å². The molecule has 110 valence electrons. The Morgan fingerprint density at radius 3 is 2.67 bits per heavy atom. The first-order chi connectivity index (χ1) is 10.1. The summed E-state index contributed by atoms with van der Waals surface area (Å²) in [4.78, 5) is 16.1. The Morgan fingerprint density at radius 2 is 2.05 bits per heavy atom. The Morgan fingerprint density at radius 1 is 1.24 bits per heavy atom. The molecule has 0 saturated heterocycles. The van der Waals surface area contributed by atoms with Gasteiger partial charge in [-0.2, -0.15) is 0 Å². The molecule has 0 aliphatic carbocycles. The van der Waals surface area contributed by atoms with E-state index in [-0.39, 0.29) is 17.2 Å². The van der Waals surface area contributed by atoms with Crippen molar-refractivity contribution in [1.82, 2.24) is 10.3 Å². The summed E-state index contributed by atoms with van der Waals surface area (Å²) in [7, 11) is 3.03. The zero-order chi connectivity index (χ0) is 15.2. The first-order valence-electron chi connectivity index (χ1n) is 6.28. The number of ether oxygens (including phenoxy) is 2. The molecule has 6 heteroatoms. The number of hydrogen-bond acceptors (Lipinski definition) is 5. The number of carbonyl (C=O) groups excluding carboxylic acids is 1. The summed E-state index contributed by atoms with van der Waals surface area (Å²) in [5, 5.41) is 12.4. The number of phenolic OH excluding ortho intramolecular Hbond substituents is 1. The van der Waals surface area contributed by atoms with Crippen LogP contribution < -0.4 is 14.8 Å². The van der Waals surface area contributed by atoms with E-state index in [1.165, 1.54) is 26.4 Å². The second-order valence-corrected chi connectivity index (χ2v) is 4.27. The van der Waals surface area contributed by atoms with Gasteiger partial charge in [0.15, 0.2) is 0 Å². The number of hydrogen-bond donors (Lipinski definition) is 2. The third-order valence-corrected chi connectivity index (χ3v) is 2.91. The van der Waals surface area contributed by atoms with E-state index in [1.807, 2.05) is 0 Å². The fourth-order valence-electron chi connectivity index (χ4n) is 1.74. The fraction of sp³-hybridized carbons (Fsp3) is 0.200. The van der Waals surface area contributed by atoms with Gasteiger partial charge in [-0.15, -0.1) is 0 Å². The topological polar surface area (TPSA) is 80.7 Å². The van der Waals surface area contributed by atoms with Crippen molar-refractivity contribution < 1.29 is 19.4 Å². The summed E-state index contributed by atoms with van der Waals surface area (Å²) in [6.45, 7) is 0.298. The second kappa shape index (κ2) is 6.60. The molecule has 1 aromatic carbocycles. The molecule has 2 N–H and O–H groups in total. The van der Waals surface area contributed by atoms with E-state index in [9.17, 15) is 9.90 Å². The molecule has 0 atom stereocenters. The molecule has 1 heterocycles. The molecule has 1 aromatic heterocycles. The van der Waals surface area contributed by atoms with Gasteiger partial charge >= 0.3 is 0 Å². The summed E-state index contributed by atoms with van der Waals surface area (Å²) in [5.74, 6) is 0.531.